The highest BCUT2D eigenvalue weighted by atomic mass is 16.4. The summed E-state index contributed by atoms with van der Waals surface area (Å²) in [5.74, 6) is -1.24. The molecule has 0 aliphatic rings. The first-order chi connectivity index (χ1) is 15.1. The van der Waals surface area contributed by atoms with Gasteiger partial charge in [0.2, 0.25) is 0 Å². The second-order valence-corrected chi connectivity index (χ2v) is 6.89. The summed E-state index contributed by atoms with van der Waals surface area (Å²) in [4.78, 5) is 20.6. The molecule has 0 aliphatic carbocycles. The van der Waals surface area contributed by atoms with Gasteiger partial charge in [0.25, 0.3) is 0 Å². The third-order valence-corrected chi connectivity index (χ3v) is 4.03. The highest BCUT2D eigenvalue weighted by Gasteiger charge is 2.11. The third-order valence-electron chi connectivity index (χ3n) is 4.03. The van der Waals surface area contributed by atoms with Gasteiger partial charge in [-0.05, 0) is 60.9 Å². The SMILES string of the molecule is Cc1ccc(O)cc1.N[C@@H](Cc1ccc(O)cc1)C(=O)O.O=C(O)Cc1ccc(O)cc1. The van der Waals surface area contributed by atoms with Crippen molar-refractivity contribution >= 4 is 11.9 Å². The molecular weight excluding hydrogens is 414 g/mol. The van der Waals surface area contributed by atoms with Crippen molar-refractivity contribution in [2.24, 2.45) is 5.73 Å². The Labute approximate surface area is 185 Å². The molecule has 3 rings (SSSR count). The molecule has 3 aromatic rings. The number of rotatable bonds is 5. The van der Waals surface area contributed by atoms with Crippen LogP contribution in [-0.2, 0) is 22.4 Å². The topological polar surface area (TPSA) is 161 Å². The number of carbonyl (C=O) groups is 2. The average Bonchev–Trinajstić information content (AvgIpc) is 2.74. The van der Waals surface area contributed by atoms with Crippen LogP contribution in [0, 0.1) is 6.92 Å². The summed E-state index contributed by atoms with van der Waals surface area (Å²) in [6, 6.07) is 18.6. The van der Waals surface area contributed by atoms with Gasteiger partial charge in [-0.15, -0.1) is 0 Å². The standard InChI is InChI=1S/C9H11NO3.C8H8O3.C7H8O/c10-8(9(12)13)5-6-1-3-7(11)4-2-6;9-7-3-1-6(2-4-7)5-8(10)11;1-6-2-4-7(8)5-3-6/h1-4,8,11H,5,10H2,(H,12,13);1-4,9H,5H2,(H,10,11);2-5,8H,1H3/t8-;;/m0../s1. The smallest absolute Gasteiger partial charge is 0.320 e. The number of hydrogen-bond acceptors (Lipinski definition) is 6. The first-order valence-electron chi connectivity index (χ1n) is 9.58. The zero-order valence-corrected chi connectivity index (χ0v) is 17.5. The lowest BCUT2D eigenvalue weighted by molar-refractivity contribution is -0.138. The Bertz CT molecular complexity index is 948. The van der Waals surface area contributed by atoms with Crippen LogP contribution < -0.4 is 5.73 Å². The van der Waals surface area contributed by atoms with Crippen LogP contribution in [0.1, 0.15) is 16.7 Å². The van der Waals surface area contributed by atoms with Gasteiger partial charge in [0.05, 0.1) is 6.42 Å². The summed E-state index contributed by atoms with van der Waals surface area (Å²) in [7, 11) is 0. The van der Waals surface area contributed by atoms with Gasteiger partial charge in [0, 0.05) is 0 Å². The lowest BCUT2D eigenvalue weighted by Crippen LogP contribution is -2.32. The summed E-state index contributed by atoms with van der Waals surface area (Å²) in [5.41, 5.74) is 7.98. The number of carboxylic acids is 2. The lowest BCUT2D eigenvalue weighted by Gasteiger charge is -2.05. The van der Waals surface area contributed by atoms with Gasteiger partial charge in [-0.3, -0.25) is 9.59 Å². The molecule has 8 heteroatoms. The molecule has 0 bridgehead atoms. The number of benzene rings is 3. The van der Waals surface area contributed by atoms with Crippen LogP contribution >= 0.6 is 0 Å². The van der Waals surface area contributed by atoms with Crippen LogP contribution in [0.2, 0.25) is 0 Å². The molecule has 1 atom stereocenters. The number of phenols is 3. The molecule has 3 aromatic carbocycles. The molecule has 32 heavy (non-hydrogen) atoms. The monoisotopic (exact) mass is 441 g/mol. The largest absolute Gasteiger partial charge is 0.508 e. The summed E-state index contributed by atoms with van der Waals surface area (Å²) in [6.07, 6.45) is 0.274. The van der Waals surface area contributed by atoms with Crippen molar-refractivity contribution in [3.05, 3.63) is 89.5 Å². The highest BCUT2D eigenvalue weighted by molar-refractivity contribution is 5.73. The van der Waals surface area contributed by atoms with E-state index in [2.05, 4.69) is 0 Å². The Balaban J connectivity index is 0.000000247. The van der Waals surface area contributed by atoms with Crippen molar-refractivity contribution in [1.82, 2.24) is 0 Å². The lowest BCUT2D eigenvalue weighted by atomic mass is 10.1. The molecule has 0 spiro atoms. The average molecular weight is 441 g/mol. The van der Waals surface area contributed by atoms with Gasteiger partial charge >= 0.3 is 11.9 Å². The molecule has 7 N–H and O–H groups in total. The normalized spacial score (nSPS) is 10.6. The maximum Gasteiger partial charge on any atom is 0.320 e. The first kappa shape index (κ1) is 26.0. The predicted octanol–water partition coefficient (Wildman–Crippen LogP) is 3.07. The number of aromatic hydroxyl groups is 3. The van der Waals surface area contributed by atoms with Crippen molar-refractivity contribution in [2.45, 2.75) is 25.8 Å². The minimum Gasteiger partial charge on any atom is -0.508 e. The zero-order valence-electron chi connectivity index (χ0n) is 17.5. The Morgan fingerprint density at radius 1 is 0.719 bits per heavy atom. The van der Waals surface area contributed by atoms with Gasteiger partial charge in [0.1, 0.15) is 23.3 Å². The number of aryl methyl sites for hydroxylation is 1. The van der Waals surface area contributed by atoms with Crippen molar-refractivity contribution in [3.63, 3.8) is 0 Å². The van der Waals surface area contributed by atoms with Crippen LogP contribution in [0.15, 0.2) is 72.8 Å². The zero-order chi connectivity index (χ0) is 24.1. The fraction of sp³-hybridized carbons (Fsp3) is 0.167. The van der Waals surface area contributed by atoms with E-state index in [-0.39, 0.29) is 24.3 Å². The van der Waals surface area contributed by atoms with E-state index in [1.165, 1.54) is 29.8 Å². The van der Waals surface area contributed by atoms with Gasteiger partial charge in [-0.2, -0.15) is 0 Å². The minimum atomic E-state index is -1.02. The van der Waals surface area contributed by atoms with Crippen LogP contribution in [0.3, 0.4) is 0 Å². The van der Waals surface area contributed by atoms with E-state index in [0.717, 1.165) is 5.56 Å². The number of aliphatic carboxylic acids is 2. The van der Waals surface area contributed by atoms with Gasteiger partial charge in [0.15, 0.2) is 0 Å². The number of nitrogens with two attached hydrogens (primary N) is 1. The van der Waals surface area contributed by atoms with Crippen LogP contribution in [0.5, 0.6) is 17.2 Å². The molecule has 8 nitrogen and oxygen atoms in total. The minimum absolute atomic E-state index is 0.000278. The van der Waals surface area contributed by atoms with E-state index in [0.29, 0.717) is 11.3 Å². The Morgan fingerprint density at radius 2 is 1.09 bits per heavy atom. The van der Waals surface area contributed by atoms with Crippen LogP contribution in [-0.4, -0.2) is 43.5 Å². The van der Waals surface area contributed by atoms with Gasteiger partial charge in [-0.25, -0.2) is 0 Å². The number of carboxylic acid groups (broad SMARTS) is 2. The molecule has 0 radical (unpaired) electrons. The number of hydrogen-bond donors (Lipinski definition) is 6. The molecule has 0 fully saturated rings. The third kappa shape index (κ3) is 11.2. The van der Waals surface area contributed by atoms with Crippen molar-refractivity contribution < 1.29 is 35.1 Å². The quantitative estimate of drug-likeness (QED) is 0.352. The fourth-order valence-corrected chi connectivity index (χ4v) is 2.31. The molecule has 0 saturated carbocycles. The maximum atomic E-state index is 10.4. The highest BCUT2D eigenvalue weighted by Crippen LogP contribution is 2.11. The van der Waals surface area contributed by atoms with Crippen molar-refractivity contribution in [2.75, 3.05) is 0 Å². The summed E-state index contributed by atoms with van der Waals surface area (Å²) < 4.78 is 0. The number of phenolic OH excluding ortho intramolecular Hbond substituents is 3. The first-order valence-corrected chi connectivity index (χ1v) is 9.58. The van der Waals surface area contributed by atoms with Crippen LogP contribution in [0.4, 0.5) is 0 Å². The van der Waals surface area contributed by atoms with E-state index in [1.807, 2.05) is 19.1 Å². The molecule has 170 valence electrons. The Kier molecular flexibility index (Phi) is 10.8. The predicted molar refractivity (Wildman–Crippen MR) is 120 cm³/mol. The van der Waals surface area contributed by atoms with Crippen LogP contribution in [0.25, 0.3) is 0 Å². The van der Waals surface area contributed by atoms with Crippen molar-refractivity contribution in [3.8, 4) is 17.2 Å². The van der Waals surface area contributed by atoms with Crippen molar-refractivity contribution in [1.29, 1.82) is 0 Å². The molecule has 0 saturated heterocycles. The van der Waals surface area contributed by atoms with E-state index < -0.39 is 18.0 Å². The molecule has 0 aromatic heterocycles. The van der Waals surface area contributed by atoms with E-state index in [4.69, 9.17) is 31.3 Å². The van der Waals surface area contributed by atoms with Gasteiger partial charge in [-0.1, -0.05) is 42.0 Å². The molecule has 0 heterocycles. The summed E-state index contributed by atoms with van der Waals surface area (Å²) in [6.45, 7) is 1.99. The molecule has 0 amide bonds. The Hall–Kier alpha value is -4.04. The molecule has 0 unspecified atom stereocenters. The molecular formula is C24H27NO7. The second-order valence-electron chi connectivity index (χ2n) is 6.89. The maximum absolute atomic E-state index is 10.4. The fourth-order valence-electron chi connectivity index (χ4n) is 2.31. The van der Waals surface area contributed by atoms with E-state index in [9.17, 15) is 9.59 Å². The van der Waals surface area contributed by atoms with Gasteiger partial charge < -0.3 is 31.3 Å². The summed E-state index contributed by atoms with van der Waals surface area (Å²) >= 11 is 0. The second kappa shape index (κ2) is 13.3. The van der Waals surface area contributed by atoms with E-state index in [1.54, 1.807) is 36.4 Å². The summed E-state index contributed by atoms with van der Waals surface area (Å²) in [5, 5.41) is 43.4. The van der Waals surface area contributed by atoms with E-state index >= 15 is 0 Å². The Morgan fingerprint density at radius 3 is 1.44 bits per heavy atom. The molecule has 0 aliphatic heterocycles.